The molecule has 4 heterocycles. The van der Waals surface area contributed by atoms with E-state index < -0.39 is 84.7 Å². The summed E-state index contributed by atoms with van der Waals surface area (Å²) >= 11 is 2.10. The van der Waals surface area contributed by atoms with Crippen LogP contribution in [0.15, 0.2) is 34.5 Å². The number of nitrogens with zero attached hydrogens (tertiary/aromatic N) is 3. The van der Waals surface area contributed by atoms with Crippen molar-refractivity contribution < 1.29 is 59.4 Å². The molecule has 8 N–H and O–H groups in total. The number of allylic oxidation sites excluding steroid dienone is 1. The quantitative estimate of drug-likeness (QED) is 0.0704. The van der Waals surface area contributed by atoms with Crippen molar-refractivity contribution in [3.63, 3.8) is 0 Å². The number of aliphatic hydroxyl groups is 4. The zero-order valence-electron chi connectivity index (χ0n) is 20.8. The predicted octanol–water partition coefficient (Wildman–Crippen LogP) is -2.92. The Kier molecular flexibility index (Phi) is 9.27. The van der Waals surface area contributed by atoms with Crippen LogP contribution in [0.25, 0.3) is 0 Å². The zero-order valence-corrected chi connectivity index (χ0v) is 22.4. The third kappa shape index (κ3) is 6.05. The fourth-order valence-corrected chi connectivity index (χ4v) is 6.22. The zero-order chi connectivity index (χ0) is 30.0. The lowest BCUT2D eigenvalue weighted by atomic mass is 9.98. The predicted molar refractivity (Wildman–Crippen MR) is 140 cm³/mol. The van der Waals surface area contributed by atoms with Gasteiger partial charge < -0.3 is 50.8 Å². The molecule has 0 aliphatic carbocycles. The molecule has 2 fully saturated rings. The summed E-state index contributed by atoms with van der Waals surface area (Å²) in [5.74, 6) is -4.15. The average Bonchev–Trinajstić information content (AvgIpc) is 3.40. The van der Waals surface area contributed by atoms with Crippen molar-refractivity contribution in [2.75, 3.05) is 24.3 Å². The van der Waals surface area contributed by atoms with Crippen molar-refractivity contribution in [1.82, 2.24) is 15.2 Å². The summed E-state index contributed by atoms with van der Waals surface area (Å²) in [6.07, 6.45) is -6.01. The third-order valence-corrected chi connectivity index (χ3v) is 8.27. The number of thioether (sulfide) groups is 1. The van der Waals surface area contributed by atoms with E-state index in [1.165, 1.54) is 23.2 Å². The molecule has 2 amide bonds. The van der Waals surface area contributed by atoms with E-state index in [2.05, 4.69) is 27.4 Å². The van der Waals surface area contributed by atoms with Gasteiger partial charge in [0.05, 0.1) is 6.61 Å². The minimum Gasteiger partial charge on any atom is -0.479 e. The number of amides is 2. The maximum absolute atomic E-state index is 13.2. The van der Waals surface area contributed by atoms with Crippen LogP contribution in [-0.4, -0.2) is 131 Å². The first-order valence-electron chi connectivity index (χ1n) is 11.8. The van der Waals surface area contributed by atoms with Gasteiger partial charge in [0, 0.05) is 11.1 Å². The van der Waals surface area contributed by atoms with Crippen LogP contribution in [0.1, 0.15) is 5.69 Å². The number of hydrogen-bond acceptors (Lipinski definition) is 15. The van der Waals surface area contributed by atoms with E-state index in [0.717, 1.165) is 16.2 Å². The smallest absolute Gasteiger partial charge is 0.352 e. The maximum atomic E-state index is 13.2. The fourth-order valence-electron chi connectivity index (χ4n) is 4.16. The number of nitrogens with one attached hydrogen (secondary N) is 2. The molecule has 0 aromatic carbocycles. The lowest BCUT2D eigenvalue weighted by Crippen LogP contribution is -2.71. The van der Waals surface area contributed by atoms with Gasteiger partial charge in [-0.25, -0.2) is 14.6 Å². The van der Waals surface area contributed by atoms with E-state index in [-0.39, 0.29) is 22.3 Å². The van der Waals surface area contributed by atoms with Gasteiger partial charge in [0.1, 0.15) is 47.2 Å². The molecule has 3 aliphatic rings. The summed E-state index contributed by atoms with van der Waals surface area (Å²) in [6.45, 7) is 2.01. The van der Waals surface area contributed by atoms with Gasteiger partial charge in [-0.05, 0) is 5.57 Å². The number of rotatable bonds is 11. The summed E-state index contributed by atoms with van der Waals surface area (Å²) in [4.78, 5) is 58.6. The Labute approximate surface area is 238 Å². The molecule has 2 saturated heterocycles. The Balaban J connectivity index is 1.51. The number of anilines is 1. The molecule has 4 rings (SSSR count). The summed E-state index contributed by atoms with van der Waals surface area (Å²) in [5, 5.41) is 67.3. The van der Waals surface area contributed by atoms with E-state index in [0.29, 0.717) is 5.57 Å². The Morgan fingerprint density at radius 3 is 2.61 bits per heavy atom. The van der Waals surface area contributed by atoms with Crippen molar-refractivity contribution in [3.8, 4) is 0 Å². The lowest BCUT2D eigenvalue weighted by Gasteiger charge is -2.49. The number of thiazole rings is 1. The van der Waals surface area contributed by atoms with Crippen LogP contribution >= 0.6 is 23.1 Å². The number of carbonyl (C=O) groups is 4. The molecular weight excluding hydrogens is 590 g/mol. The van der Waals surface area contributed by atoms with E-state index in [9.17, 15) is 44.7 Å². The summed E-state index contributed by atoms with van der Waals surface area (Å²) in [7, 11) is 0. The molecule has 1 aromatic heterocycles. The monoisotopic (exact) mass is 615 g/mol. The molecule has 0 saturated carbocycles. The Morgan fingerprint density at radius 2 is 1.98 bits per heavy atom. The second kappa shape index (κ2) is 12.5. The summed E-state index contributed by atoms with van der Waals surface area (Å²) < 4.78 is 5.37. The molecule has 222 valence electrons. The molecule has 19 heteroatoms. The number of oxime groups is 1. The topological polar surface area (TPSA) is 261 Å². The van der Waals surface area contributed by atoms with Gasteiger partial charge in [-0.3, -0.25) is 14.5 Å². The van der Waals surface area contributed by atoms with Crippen LogP contribution in [0, 0.1) is 0 Å². The number of aliphatic hydroxyl groups excluding tert-OH is 4. The first-order chi connectivity index (χ1) is 19.5. The number of carbonyl (C=O) groups excluding carboxylic acids is 2. The van der Waals surface area contributed by atoms with Crippen molar-refractivity contribution in [3.05, 3.63) is 35.0 Å². The largest absolute Gasteiger partial charge is 0.479 e. The molecule has 7 atom stereocenters. The summed E-state index contributed by atoms with van der Waals surface area (Å²) in [6, 6.07) is -1.14. The van der Waals surface area contributed by atoms with E-state index in [1.807, 2.05) is 0 Å². The third-order valence-electron chi connectivity index (χ3n) is 6.20. The number of carboxylic acid groups (broad SMARTS) is 2. The SMILES string of the molecule is C=CC1=C(C(=O)O)N2C(=O)C(NC(=O)/C(=N\OCC(=O)O)c3csc(NC4OC(CO)C(O)C(O)C4O)n3)C2SC1. The molecule has 0 bridgehead atoms. The van der Waals surface area contributed by atoms with Crippen LogP contribution in [0.4, 0.5) is 5.13 Å². The highest BCUT2D eigenvalue weighted by atomic mass is 32.2. The van der Waals surface area contributed by atoms with Gasteiger partial charge in [-0.2, -0.15) is 0 Å². The fraction of sp³-hybridized carbons (Fsp3) is 0.455. The Hall–Kier alpha value is -3.59. The van der Waals surface area contributed by atoms with E-state index >= 15 is 0 Å². The number of β-lactam (4-membered cyclic amide) rings is 1. The number of ether oxygens (including phenoxy) is 1. The number of aliphatic carboxylic acids is 2. The van der Waals surface area contributed by atoms with E-state index in [1.54, 1.807) is 0 Å². The van der Waals surface area contributed by atoms with Gasteiger partial charge in [-0.1, -0.05) is 17.8 Å². The number of carboxylic acids is 2. The highest BCUT2D eigenvalue weighted by Crippen LogP contribution is 2.40. The second-order valence-electron chi connectivity index (χ2n) is 8.78. The van der Waals surface area contributed by atoms with Crippen molar-refractivity contribution in [1.29, 1.82) is 0 Å². The Bertz CT molecular complexity index is 1300. The van der Waals surface area contributed by atoms with Crippen molar-refractivity contribution in [2.45, 2.75) is 42.1 Å². The van der Waals surface area contributed by atoms with Crippen LogP contribution in [0.2, 0.25) is 0 Å². The number of fused-ring (bicyclic) bond motifs is 1. The minimum absolute atomic E-state index is 0.0324. The second-order valence-corrected chi connectivity index (χ2v) is 10.7. The van der Waals surface area contributed by atoms with Crippen LogP contribution < -0.4 is 10.6 Å². The summed E-state index contributed by atoms with van der Waals surface area (Å²) in [5.41, 5.74) is -0.536. The van der Waals surface area contributed by atoms with Crippen molar-refractivity contribution in [2.24, 2.45) is 5.16 Å². The van der Waals surface area contributed by atoms with Crippen LogP contribution in [0.3, 0.4) is 0 Å². The average molecular weight is 616 g/mol. The molecule has 0 spiro atoms. The molecule has 0 radical (unpaired) electrons. The van der Waals surface area contributed by atoms with Gasteiger partial charge >= 0.3 is 11.9 Å². The van der Waals surface area contributed by atoms with E-state index in [4.69, 9.17) is 14.7 Å². The maximum Gasteiger partial charge on any atom is 0.352 e. The van der Waals surface area contributed by atoms with Gasteiger partial charge in [0.15, 0.2) is 17.1 Å². The molecule has 17 nitrogen and oxygen atoms in total. The molecule has 41 heavy (non-hydrogen) atoms. The van der Waals surface area contributed by atoms with Gasteiger partial charge in [0.2, 0.25) is 6.61 Å². The standard InChI is InChI=1S/C22H25N5O12S2/c1-2-7-5-40-20-12(19(35)27(20)13(7)21(36)37)24-17(34)11(26-38-4-10(29)30)8-6-41-22(23-8)25-18-16(33)15(32)14(31)9(3-28)39-18/h2,6,9,12,14-16,18,20,28,31-33H,1,3-5H2,(H,23,25)(H,24,34)(H,29,30)(H,36,37)/b26-11-. The minimum atomic E-state index is -1.65. The number of aromatic nitrogens is 1. The van der Waals surface area contributed by atoms with Gasteiger partial charge in [-0.15, -0.1) is 23.1 Å². The van der Waals surface area contributed by atoms with Crippen LogP contribution in [-0.2, 0) is 28.8 Å². The van der Waals surface area contributed by atoms with Crippen LogP contribution in [0.5, 0.6) is 0 Å². The lowest BCUT2D eigenvalue weighted by molar-refractivity contribution is -0.221. The first-order valence-corrected chi connectivity index (χ1v) is 13.7. The molecule has 7 unspecified atom stereocenters. The highest BCUT2D eigenvalue weighted by molar-refractivity contribution is 8.00. The Morgan fingerprint density at radius 1 is 1.24 bits per heavy atom. The highest BCUT2D eigenvalue weighted by Gasteiger charge is 2.54. The number of hydrogen-bond donors (Lipinski definition) is 8. The normalized spacial score (nSPS) is 29.8. The van der Waals surface area contributed by atoms with Gasteiger partial charge in [0.25, 0.3) is 11.8 Å². The molecule has 1 aromatic rings. The molecular formula is C22H25N5O12S2. The first kappa shape index (κ1) is 30.4. The molecule has 3 aliphatic heterocycles. The van der Waals surface area contributed by atoms with Crippen molar-refractivity contribution >= 4 is 57.7 Å².